The Hall–Kier alpha value is -2.60. The number of amides is 1. The SMILES string of the molecule is O=C(CSc1nc2ccccc2c(=O)[nH]1)Nc1ccccc1. The average molecular weight is 311 g/mol. The van der Waals surface area contributed by atoms with Crippen LogP contribution in [0.2, 0.25) is 0 Å². The number of hydrogen-bond acceptors (Lipinski definition) is 4. The maximum absolute atomic E-state index is 11.9. The zero-order valence-electron chi connectivity index (χ0n) is 11.6. The van der Waals surface area contributed by atoms with Gasteiger partial charge in [-0.15, -0.1) is 0 Å². The lowest BCUT2D eigenvalue weighted by Crippen LogP contribution is -2.15. The molecular weight excluding hydrogens is 298 g/mol. The van der Waals surface area contributed by atoms with Crippen molar-refractivity contribution < 1.29 is 4.79 Å². The summed E-state index contributed by atoms with van der Waals surface area (Å²) in [5.41, 5.74) is 1.17. The first-order chi connectivity index (χ1) is 10.7. The first-order valence-electron chi connectivity index (χ1n) is 6.69. The minimum absolute atomic E-state index is 0.146. The van der Waals surface area contributed by atoms with Gasteiger partial charge in [0.1, 0.15) is 0 Å². The van der Waals surface area contributed by atoms with E-state index in [1.54, 1.807) is 18.2 Å². The number of thioether (sulfide) groups is 1. The van der Waals surface area contributed by atoms with E-state index >= 15 is 0 Å². The van der Waals surface area contributed by atoms with Crippen LogP contribution in [-0.2, 0) is 4.79 Å². The molecule has 0 spiro atoms. The van der Waals surface area contributed by atoms with Gasteiger partial charge >= 0.3 is 0 Å². The number of carbonyl (C=O) groups excluding carboxylic acids is 1. The predicted octanol–water partition coefficient (Wildman–Crippen LogP) is 2.65. The van der Waals surface area contributed by atoms with Crippen LogP contribution in [0.15, 0.2) is 64.5 Å². The van der Waals surface area contributed by atoms with Gasteiger partial charge in [-0.1, -0.05) is 42.1 Å². The van der Waals surface area contributed by atoms with Crippen LogP contribution in [0.3, 0.4) is 0 Å². The van der Waals surface area contributed by atoms with Gasteiger partial charge in [0.05, 0.1) is 16.7 Å². The number of rotatable bonds is 4. The van der Waals surface area contributed by atoms with E-state index in [0.717, 1.165) is 5.69 Å². The Kier molecular flexibility index (Phi) is 4.20. The highest BCUT2D eigenvalue weighted by Crippen LogP contribution is 2.15. The van der Waals surface area contributed by atoms with E-state index in [1.165, 1.54) is 11.8 Å². The fourth-order valence-electron chi connectivity index (χ4n) is 1.99. The molecule has 3 aromatic rings. The first kappa shape index (κ1) is 14.3. The van der Waals surface area contributed by atoms with Crippen LogP contribution in [0.25, 0.3) is 10.9 Å². The van der Waals surface area contributed by atoms with Crippen molar-refractivity contribution in [1.29, 1.82) is 0 Å². The van der Waals surface area contributed by atoms with Crippen LogP contribution >= 0.6 is 11.8 Å². The van der Waals surface area contributed by atoms with Gasteiger partial charge in [0.15, 0.2) is 5.16 Å². The van der Waals surface area contributed by atoms with E-state index in [0.29, 0.717) is 16.1 Å². The third-order valence-corrected chi connectivity index (χ3v) is 3.86. The van der Waals surface area contributed by atoms with Crippen molar-refractivity contribution in [2.75, 3.05) is 11.1 Å². The molecule has 0 aliphatic heterocycles. The fraction of sp³-hybridized carbons (Fsp3) is 0.0625. The molecule has 22 heavy (non-hydrogen) atoms. The summed E-state index contributed by atoms with van der Waals surface area (Å²) in [6.07, 6.45) is 0. The van der Waals surface area contributed by atoms with Gasteiger partial charge in [-0.2, -0.15) is 0 Å². The normalized spacial score (nSPS) is 10.5. The number of aromatic nitrogens is 2. The first-order valence-corrected chi connectivity index (χ1v) is 7.68. The molecule has 1 heterocycles. The minimum Gasteiger partial charge on any atom is -0.325 e. The Morgan fingerprint density at radius 1 is 1.09 bits per heavy atom. The second kappa shape index (κ2) is 6.44. The molecule has 0 atom stereocenters. The molecule has 2 N–H and O–H groups in total. The molecule has 0 aliphatic carbocycles. The van der Waals surface area contributed by atoms with Crippen molar-refractivity contribution in [2.24, 2.45) is 0 Å². The molecule has 0 saturated carbocycles. The molecule has 1 amide bonds. The Bertz CT molecular complexity index is 862. The lowest BCUT2D eigenvalue weighted by atomic mass is 10.2. The van der Waals surface area contributed by atoms with Crippen LogP contribution in [0.1, 0.15) is 0 Å². The monoisotopic (exact) mass is 311 g/mol. The molecule has 5 nitrogen and oxygen atoms in total. The molecule has 1 aromatic heterocycles. The summed E-state index contributed by atoms with van der Waals surface area (Å²) in [6.45, 7) is 0. The number of hydrogen-bond donors (Lipinski definition) is 2. The molecule has 0 aliphatic rings. The lowest BCUT2D eigenvalue weighted by Gasteiger charge is -2.05. The van der Waals surface area contributed by atoms with E-state index in [4.69, 9.17) is 0 Å². The van der Waals surface area contributed by atoms with Gasteiger partial charge in [0.2, 0.25) is 5.91 Å². The zero-order valence-corrected chi connectivity index (χ0v) is 12.4. The second-order valence-corrected chi connectivity index (χ2v) is 5.56. The quantitative estimate of drug-likeness (QED) is 0.574. The maximum Gasteiger partial charge on any atom is 0.259 e. The highest BCUT2D eigenvalue weighted by atomic mass is 32.2. The number of H-pyrrole nitrogens is 1. The van der Waals surface area contributed by atoms with E-state index in [2.05, 4.69) is 15.3 Å². The molecule has 2 aromatic carbocycles. The van der Waals surface area contributed by atoms with Crippen molar-refractivity contribution in [1.82, 2.24) is 9.97 Å². The summed E-state index contributed by atoms with van der Waals surface area (Å²) in [7, 11) is 0. The second-order valence-electron chi connectivity index (χ2n) is 4.59. The number of para-hydroxylation sites is 2. The number of carbonyl (C=O) groups is 1. The predicted molar refractivity (Wildman–Crippen MR) is 88.2 cm³/mol. The van der Waals surface area contributed by atoms with Gasteiger partial charge in [-0.25, -0.2) is 4.98 Å². The maximum atomic E-state index is 11.9. The zero-order chi connectivity index (χ0) is 15.4. The molecule has 0 fully saturated rings. The Morgan fingerprint density at radius 3 is 2.64 bits per heavy atom. The van der Waals surface area contributed by atoms with Crippen LogP contribution in [0.5, 0.6) is 0 Å². The minimum atomic E-state index is -0.198. The van der Waals surface area contributed by atoms with Gasteiger partial charge < -0.3 is 10.3 Å². The average Bonchev–Trinajstić information content (AvgIpc) is 2.54. The largest absolute Gasteiger partial charge is 0.325 e. The summed E-state index contributed by atoms with van der Waals surface area (Å²) in [6, 6.07) is 16.3. The van der Waals surface area contributed by atoms with E-state index in [9.17, 15) is 9.59 Å². The summed E-state index contributed by atoms with van der Waals surface area (Å²) in [4.78, 5) is 30.8. The topological polar surface area (TPSA) is 74.8 Å². The summed E-state index contributed by atoms with van der Waals surface area (Å²) in [5, 5.41) is 3.76. The number of aromatic amines is 1. The van der Waals surface area contributed by atoms with Crippen molar-refractivity contribution in [3.05, 3.63) is 65.0 Å². The van der Waals surface area contributed by atoms with Gasteiger partial charge in [-0.3, -0.25) is 9.59 Å². The number of nitrogens with one attached hydrogen (secondary N) is 2. The summed E-state index contributed by atoms with van der Waals surface area (Å²) in [5.74, 6) is 0.0305. The smallest absolute Gasteiger partial charge is 0.259 e. The van der Waals surface area contributed by atoms with Crippen molar-refractivity contribution in [2.45, 2.75) is 5.16 Å². The van der Waals surface area contributed by atoms with Crippen LogP contribution in [0, 0.1) is 0 Å². The number of nitrogens with zero attached hydrogens (tertiary/aromatic N) is 1. The molecule has 110 valence electrons. The van der Waals surface area contributed by atoms with Gasteiger partial charge in [0.25, 0.3) is 5.56 Å². The third kappa shape index (κ3) is 3.35. The lowest BCUT2D eigenvalue weighted by molar-refractivity contribution is -0.113. The number of benzene rings is 2. The Labute approximate surface area is 130 Å². The Balaban J connectivity index is 1.69. The number of fused-ring (bicyclic) bond motifs is 1. The van der Waals surface area contributed by atoms with Crippen LogP contribution in [0.4, 0.5) is 5.69 Å². The molecular formula is C16H13N3O2S. The van der Waals surface area contributed by atoms with Crippen molar-refractivity contribution in [3.63, 3.8) is 0 Å². The third-order valence-electron chi connectivity index (χ3n) is 2.99. The molecule has 3 rings (SSSR count). The highest BCUT2D eigenvalue weighted by Gasteiger charge is 2.07. The standard InChI is InChI=1S/C16H13N3O2S/c20-14(17-11-6-2-1-3-7-11)10-22-16-18-13-9-5-4-8-12(13)15(21)19-16/h1-9H,10H2,(H,17,20)(H,18,19,21). The summed E-state index contributed by atoms with van der Waals surface area (Å²) >= 11 is 1.20. The Morgan fingerprint density at radius 2 is 1.82 bits per heavy atom. The molecule has 0 bridgehead atoms. The van der Waals surface area contributed by atoms with Gasteiger partial charge in [0, 0.05) is 5.69 Å². The van der Waals surface area contributed by atoms with Crippen molar-refractivity contribution in [3.8, 4) is 0 Å². The fourth-order valence-corrected chi connectivity index (χ4v) is 2.65. The summed E-state index contributed by atoms with van der Waals surface area (Å²) < 4.78 is 0. The van der Waals surface area contributed by atoms with Crippen molar-refractivity contribution >= 4 is 34.3 Å². The molecule has 6 heteroatoms. The van der Waals surface area contributed by atoms with E-state index in [1.807, 2.05) is 36.4 Å². The molecule has 0 saturated heterocycles. The van der Waals surface area contributed by atoms with E-state index in [-0.39, 0.29) is 17.2 Å². The molecule has 0 unspecified atom stereocenters. The van der Waals surface area contributed by atoms with Crippen LogP contribution < -0.4 is 10.9 Å². The number of anilines is 1. The van der Waals surface area contributed by atoms with Crippen LogP contribution in [-0.4, -0.2) is 21.6 Å². The highest BCUT2D eigenvalue weighted by molar-refractivity contribution is 7.99. The van der Waals surface area contributed by atoms with Gasteiger partial charge in [-0.05, 0) is 24.3 Å². The molecule has 0 radical (unpaired) electrons. The van der Waals surface area contributed by atoms with E-state index < -0.39 is 0 Å².